The summed E-state index contributed by atoms with van der Waals surface area (Å²) in [5.41, 5.74) is 0.765. The second kappa shape index (κ2) is 8.69. The lowest BCUT2D eigenvalue weighted by atomic mass is 9.89. The van der Waals surface area contributed by atoms with Crippen LogP contribution in [0.4, 0.5) is 5.82 Å². The van der Waals surface area contributed by atoms with E-state index in [4.69, 9.17) is 9.26 Å². The van der Waals surface area contributed by atoms with E-state index in [1.807, 2.05) is 13.0 Å². The van der Waals surface area contributed by atoms with E-state index < -0.39 is 0 Å². The molecule has 0 spiro atoms. The van der Waals surface area contributed by atoms with Gasteiger partial charge in [-0.3, -0.25) is 4.90 Å². The van der Waals surface area contributed by atoms with Crippen LogP contribution in [0.5, 0.6) is 5.88 Å². The summed E-state index contributed by atoms with van der Waals surface area (Å²) in [5.74, 6) is 3.07. The minimum atomic E-state index is 0.338. The first-order valence-electron chi connectivity index (χ1n) is 10.1. The topological polar surface area (TPSA) is 67.5 Å². The lowest BCUT2D eigenvalue weighted by Gasteiger charge is -2.37. The third kappa shape index (κ3) is 4.77. The van der Waals surface area contributed by atoms with Crippen molar-refractivity contribution in [2.75, 3.05) is 37.6 Å². The lowest BCUT2D eigenvalue weighted by Crippen LogP contribution is -2.48. The van der Waals surface area contributed by atoms with Gasteiger partial charge in [-0.15, -0.1) is 0 Å². The van der Waals surface area contributed by atoms with Crippen LogP contribution in [-0.4, -0.2) is 52.7 Å². The van der Waals surface area contributed by atoms with Crippen LogP contribution >= 0.6 is 0 Å². The summed E-state index contributed by atoms with van der Waals surface area (Å²) < 4.78 is 11.0. The molecule has 0 aromatic carbocycles. The largest absolute Gasteiger partial charge is 0.468 e. The fraction of sp³-hybridized carbons (Fsp3) is 0.650. The van der Waals surface area contributed by atoms with E-state index in [0.29, 0.717) is 12.5 Å². The number of aromatic nitrogens is 3. The van der Waals surface area contributed by atoms with E-state index in [1.54, 1.807) is 12.4 Å². The van der Waals surface area contributed by atoms with E-state index in [-0.39, 0.29) is 0 Å². The van der Waals surface area contributed by atoms with Crippen LogP contribution in [0.3, 0.4) is 0 Å². The van der Waals surface area contributed by atoms with Crippen molar-refractivity contribution in [3.8, 4) is 5.88 Å². The van der Waals surface area contributed by atoms with Crippen molar-refractivity contribution in [1.29, 1.82) is 0 Å². The number of hydrogen-bond donors (Lipinski definition) is 0. The number of ether oxygens (including phenoxy) is 1. The lowest BCUT2D eigenvalue weighted by molar-refractivity contribution is 0.191. The van der Waals surface area contributed by atoms with Crippen molar-refractivity contribution in [3.05, 3.63) is 29.9 Å². The number of rotatable bonds is 6. The normalized spacial score (nSPS) is 19.4. The highest BCUT2D eigenvalue weighted by atomic mass is 16.5. The monoisotopic (exact) mass is 371 g/mol. The molecule has 7 heteroatoms. The minimum Gasteiger partial charge on any atom is -0.468 e. The van der Waals surface area contributed by atoms with Crippen LogP contribution in [0, 0.1) is 12.8 Å². The van der Waals surface area contributed by atoms with Crippen molar-refractivity contribution < 1.29 is 9.26 Å². The quantitative estimate of drug-likeness (QED) is 0.773. The summed E-state index contributed by atoms with van der Waals surface area (Å²) in [5, 5.41) is 3.97. The van der Waals surface area contributed by atoms with Crippen LogP contribution in [0.15, 0.2) is 23.0 Å². The molecule has 0 atom stereocenters. The molecular weight excluding hydrogens is 342 g/mol. The first kappa shape index (κ1) is 18.2. The number of nitrogens with zero attached hydrogens (tertiary/aromatic N) is 5. The molecular formula is C20H29N5O2. The molecule has 1 aliphatic heterocycles. The zero-order valence-electron chi connectivity index (χ0n) is 16.1. The SMILES string of the molecule is Cc1cc(COc2nccnc2N2CCN(CC3CCCCC3)CC2)no1. The van der Waals surface area contributed by atoms with Crippen molar-refractivity contribution in [1.82, 2.24) is 20.0 Å². The van der Waals surface area contributed by atoms with Crippen LogP contribution in [0.25, 0.3) is 0 Å². The molecule has 0 amide bonds. The molecule has 0 unspecified atom stereocenters. The fourth-order valence-electron chi connectivity index (χ4n) is 4.14. The maximum absolute atomic E-state index is 5.89. The second-order valence-corrected chi connectivity index (χ2v) is 7.69. The molecule has 1 saturated carbocycles. The van der Waals surface area contributed by atoms with Gasteiger partial charge in [-0.25, -0.2) is 9.97 Å². The van der Waals surface area contributed by atoms with Gasteiger partial charge in [0.1, 0.15) is 18.1 Å². The Morgan fingerprint density at radius 1 is 1.07 bits per heavy atom. The molecule has 0 radical (unpaired) electrons. The zero-order chi connectivity index (χ0) is 18.5. The zero-order valence-corrected chi connectivity index (χ0v) is 16.1. The highest BCUT2D eigenvalue weighted by Crippen LogP contribution is 2.27. The second-order valence-electron chi connectivity index (χ2n) is 7.69. The Morgan fingerprint density at radius 2 is 1.85 bits per heavy atom. The van der Waals surface area contributed by atoms with Gasteiger partial charge in [0.15, 0.2) is 5.82 Å². The molecule has 1 aliphatic carbocycles. The summed E-state index contributed by atoms with van der Waals surface area (Å²) in [7, 11) is 0. The van der Waals surface area contributed by atoms with Gasteiger partial charge >= 0.3 is 0 Å². The molecule has 0 N–H and O–H groups in total. The molecule has 7 nitrogen and oxygen atoms in total. The third-order valence-corrected chi connectivity index (χ3v) is 5.59. The molecule has 27 heavy (non-hydrogen) atoms. The van der Waals surface area contributed by atoms with Crippen LogP contribution in [0.2, 0.25) is 0 Å². The number of hydrogen-bond acceptors (Lipinski definition) is 7. The van der Waals surface area contributed by atoms with E-state index in [1.165, 1.54) is 38.6 Å². The van der Waals surface area contributed by atoms with Crippen LogP contribution in [0.1, 0.15) is 43.6 Å². The summed E-state index contributed by atoms with van der Waals surface area (Å²) in [4.78, 5) is 13.8. The van der Waals surface area contributed by atoms with Crippen molar-refractivity contribution in [2.45, 2.75) is 45.6 Å². The van der Waals surface area contributed by atoms with Gasteiger partial charge in [-0.1, -0.05) is 24.4 Å². The highest BCUT2D eigenvalue weighted by Gasteiger charge is 2.24. The number of piperazine rings is 1. The maximum Gasteiger partial charge on any atom is 0.258 e. The Balaban J connectivity index is 1.32. The molecule has 4 rings (SSSR count). The molecule has 2 aliphatic rings. The molecule has 1 saturated heterocycles. The van der Waals surface area contributed by atoms with E-state index >= 15 is 0 Å². The van der Waals surface area contributed by atoms with E-state index in [2.05, 4.69) is 24.9 Å². The van der Waals surface area contributed by atoms with Gasteiger partial charge in [0.2, 0.25) is 0 Å². The van der Waals surface area contributed by atoms with Crippen molar-refractivity contribution in [2.24, 2.45) is 5.92 Å². The third-order valence-electron chi connectivity index (χ3n) is 5.59. The van der Waals surface area contributed by atoms with Crippen LogP contribution < -0.4 is 9.64 Å². The summed E-state index contributed by atoms with van der Waals surface area (Å²) in [6.45, 7) is 7.55. The summed E-state index contributed by atoms with van der Waals surface area (Å²) in [6, 6.07) is 1.88. The van der Waals surface area contributed by atoms with E-state index in [0.717, 1.165) is 49.4 Å². The predicted octanol–water partition coefficient (Wildman–Crippen LogP) is 3.05. The molecule has 2 aromatic heterocycles. The smallest absolute Gasteiger partial charge is 0.258 e. The minimum absolute atomic E-state index is 0.338. The molecule has 3 heterocycles. The summed E-state index contributed by atoms with van der Waals surface area (Å²) >= 11 is 0. The summed E-state index contributed by atoms with van der Waals surface area (Å²) in [6.07, 6.45) is 10.5. The van der Waals surface area contributed by atoms with Crippen molar-refractivity contribution >= 4 is 5.82 Å². The van der Waals surface area contributed by atoms with Gasteiger partial charge in [-0.2, -0.15) is 0 Å². The Hall–Kier alpha value is -2.15. The Labute approximate surface area is 160 Å². The molecule has 2 fully saturated rings. The average Bonchev–Trinajstić information content (AvgIpc) is 3.13. The maximum atomic E-state index is 5.89. The van der Waals surface area contributed by atoms with Gasteiger partial charge in [-0.05, 0) is 25.7 Å². The van der Waals surface area contributed by atoms with E-state index in [9.17, 15) is 0 Å². The van der Waals surface area contributed by atoms with Crippen molar-refractivity contribution in [3.63, 3.8) is 0 Å². The standard InChI is InChI=1S/C20H29N5O2/c1-16-13-18(23-27-16)15-26-20-19(21-7-8-22-20)25-11-9-24(10-12-25)14-17-5-3-2-4-6-17/h7-8,13,17H,2-6,9-12,14-15H2,1H3. The first-order chi connectivity index (χ1) is 13.3. The average molecular weight is 371 g/mol. The number of aryl methyl sites for hydroxylation is 1. The van der Waals surface area contributed by atoms with Gasteiger partial charge in [0.25, 0.3) is 5.88 Å². The molecule has 2 aromatic rings. The van der Waals surface area contributed by atoms with Gasteiger partial charge < -0.3 is 14.2 Å². The molecule has 0 bridgehead atoms. The predicted molar refractivity (Wildman–Crippen MR) is 103 cm³/mol. The van der Waals surface area contributed by atoms with Crippen LogP contribution in [-0.2, 0) is 6.61 Å². The Kier molecular flexibility index (Phi) is 5.87. The first-order valence-corrected chi connectivity index (χ1v) is 10.1. The molecule has 146 valence electrons. The van der Waals surface area contributed by atoms with Gasteiger partial charge in [0.05, 0.1) is 0 Å². The Morgan fingerprint density at radius 3 is 2.59 bits per heavy atom. The Bertz CT molecular complexity index is 721. The highest BCUT2D eigenvalue weighted by molar-refractivity contribution is 5.48. The number of anilines is 1. The van der Waals surface area contributed by atoms with Gasteiger partial charge in [0, 0.05) is 51.2 Å². The fourth-order valence-corrected chi connectivity index (χ4v) is 4.14.